The highest BCUT2D eigenvalue weighted by Crippen LogP contribution is 2.30. The molecule has 1 aromatic carbocycles. The van der Waals surface area contributed by atoms with Crippen molar-refractivity contribution in [2.45, 2.75) is 57.0 Å². The number of carboxylic acids is 1. The highest BCUT2D eigenvalue weighted by atomic mass is 35.5. The molecule has 40 heavy (non-hydrogen) atoms. The zero-order chi connectivity index (χ0) is 28.4. The third kappa shape index (κ3) is 9.09. The van der Waals surface area contributed by atoms with E-state index in [0.717, 1.165) is 38.6 Å². The van der Waals surface area contributed by atoms with Crippen molar-refractivity contribution in [2.75, 3.05) is 26.2 Å². The highest BCUT2D eigenvalue weighted by molar-refractivity contribution is 5.96. The second-order valence-corrected chi connectivity index (χ2v) is 10.4. The fourth-order valence-corrected chi connectivity index (χ4v) is 5.66. The fraction of sp³-hybridized carbons (Fsp3) is 0.593. The third-order valence-electron chi connectivity index (χ3n) is 7.63. The van der Waals surface area contributed by atoms with Crippen LogP contribution >= 0.6 is 12.4 Å². The van der Waals surface area contributed by atoms with Crippen LogP contribution in [-0.4, -0.2) is 77.9 Å². The van der Waals surface area contributed by atoms with Crippen molar-refractivity contribution >= 4 is 42.1 Å². The molecule has 222 valence electrons. The van der Waals surface area contributed by atoms with E-state index in [1.54, 1.807) is 35.2 Å². The van der Waals surface area contributed by atoms with E-state index in [4.69, 9.17) is 16.9 Å². The standard InChI is InChI=1S/C27H41N7O5.ClH/c28-23(29)20(18-11-8-12-31-16-18)21(24(30)35)22(25(36)34-13-6-1-2-7-14-34)33-27(39)32-19(26(37)38)15-17-9-4-3-5-10-17;/h3-5,9-10,18-22,31H,1-2,6-8,11-16H2,(H3,28,29)(H2,30,35)(H,37,38)(H2,32,33,39);1H/t18?,19-,20?,21-,22-;/m0./s1. The lowest BCUT2D eigenvalue weighted by Gasteiger charge is -2.38. The summed E-state index contributed by atoms with van der Waals surface area (Å²) < 4.78 is 0. The second-order valence-electron chi connectivity index (χ2n) is 10.4. The van der Waals surface area contributed by atoms with E-state index in [0.29, 0.717) is 31.6 Å². The number of halogens is 1. The maximum atomic E-state index is 13.9. The minimum absolute atomic E-state index is 0. The predicted octanol–water partition coefficient (Wildman–Crippen LogP) is 0.828. The smallest absolute Gasteiger partial charge is 0.326 e. The first kappa shape index (κ1) is 32.8. The van der Waals surface area contributed by atoms with Gasteiger partial charge in [0.05, 0.1) is 11.8 Å². The van der Waals surface area contributed by atoms with Gasteiger partial charge in [-0.1, -0.05) is 43.2 Å². The van der Waals surface area contributed by atoms with Crippen molar-refractivity contribution in [2.24, 2.45) is 29.2 Å². The zero-order valence-electron chi connectivity index (χ0n) is 22.6. The Morgan fingerprint density at radius 1 is 1.02 bits per heavy atom. The minimum atomic E-state index is -1.41. The van der Waals surface area contributed by atoms with Crippen molar-refractivity contribution in [1.29, 1.82) is 5.41 Å². The number of hydrogen-bond donors (Lipinski definition) is 7. The lowest BCUT2D eigenvalue weighted by molar-refractivity contribution is -0.139. The molecule has 0 radical (unpaired) electrons. The summed E-state index contributed by atoms with van der Waals surface area (Å²) in [6.07, 6.45) is 5.00. The minimum Gasteiger partial charge on any atom is -0.480 e. The molecule has 0 saturated carbocycles. The van der Waals surface area contributed by atoms with Gasteiger partial charge in [0.25, 0.3) is 0 Å². The van der Waals surface area contributed by atoms with Gasteiger partial charge in [0, 0.05) is 25.4 Å². The predicted molar refractivity (Wildman–Crippen MR) is 153 cm³/mol. The van der Waals surface area contributed by atoms with Crippen LogP contribution in [-0.2, 0) is 20.8 Å². The quantitative estimate of drug-likeness (QED) is 0.148. The van der Waals surface area contributed by atoms with Gasteiger partial charge in [0.15, 0.2) is 0 Å². The summed E-state index contributed by atoms with van der Waals surface area (Å²) in [7, 11) is 0. The molecule has 2 fully saturated rings. The van der Waals surface area contributed by atoms with Crippen molar-refractivity contribution in [1.82, 2.24) is 20.9 Å². The van der Waals surface area contributed by atoms with Gasteiger partial charge in [-0.25, -0.2) is 9.59 Å². The Labute approximate surface area is 240 Å². The summed E-state index contributed by atoms with van der Waals surface area (Å²) >= 11 is 0. The van der Waals surface area contributed by atoms with Crippen LogP contribution in [0.5, 0.6) is 0 Å². The zero-order valence-corrected chi connectivity index (χ0v) is 23.5. The van der Waals surface area contributed by atoms with Crippen molar-refractivity contribution in [3.8, 4) is 0 Å². The van der Waals surface area contributed by atoms with Crippen LogP contribution in [0.25, 0.3) is 0 Å². The van der Waals surface area contributed by atoms with Gasteiger partial charge in [-0.3, -0.25) is 15.0 Å². The average Bonchev–Trinajstić information content (AvgIpc) is 3.20. The summed E-state index contributed by atoms with van der Waals surface area (Å²) in [5.74, 6) is -5.26. The van der Waals surface area contributed by atoms with E-state index in [-0.39, 0.29) is 30.6 Å². The topological polar surface area (TPSA) is 204 Å². The SMILES string of the molecule is Cl.N=C(N)C(C1CCCNC1)[C@H](C(N)=O)[C@H](NC(=O)N[C@@H](Cc1ccccc1)C(=O)O)C(=O)N1CCCCCC1. The maximum Gasteiger partial charge on any atom is 0.326 e. The number of nitrogens with two attached hydrogens (primary N) is 2. The molecule has 0 spiro atoms. The van der Waals surface area contributed by atoms with Gasteiger partial charge in [-0.05, 0) is 50.3 Å². The maximum absolute atomic E-state index is 13.9. The number of carbonyl (C=O) groups is 4. The number of amides is 4. The summed E-state index contributed by atoms with van der Waals surface area (Å²) in [5.41, 5.74) is 12.6. The van der Waals surface area contributed by atoms with Gasteiger partial charge in [0.1, 0.15) is 12.1 Å². The number of benzene rings is 1. The monoisotopic (exact) mass is 579 g/mol. The number of aliphatic carboxylic acids is 1. The van der Waals surface area contributed by atoms with E-state index in [1.807, 2.05) is 0 Å². The van der Waals surface area contributed by atoms with E-state index < -0.39 is 47.7 Å². The first-order chi connectivity index (χ1) is 18.7. The van der Waals surface area contributed by atoms with Crippen molar-refractivity contribution in [3.05, 3.63) is 35.9 Å². The van der Waals surface area contributed by atoms with Crippen molar-refractivity contribution in [3.63, 3.8) is 0 Å². The molecule has 0 aromatic heterocycles. The first-order valence-corrected chi connectivity index (χ1v) is 13.7. The van der Waals surface area contributed by atoms with Crippen LogP contribution in [0.1, 0.15) is 44.1 Å². The Kier molecular flexibility index (Phi) is 13.1. The number of nitrogens with one attached hydrogen (secondary N) is 4. The van der Waals surface area contributed by atoms with Crippen LogP contribution in [0, 0.1) is 23.2 Å². The third-order valence-corrected chi connectivity index (χ3v) is 7.63. The molecule has 0 bridgehead atoms. The molecular weight excluding hydrogens is 538 g/mol. The fourth-order valence-electron chi connectivity index (χ4n) is 5.66. The van der Waals surface area contributed by atoms with Crippen LogP contribution in [0.4, 0.5) is 4.79 Å². The van der Waals surface area contributed by atoms with Crippen molar-refractivity contribution < 1.29 is 24.3 Å². The number of amidine groups is 1. The average molecular weight is 580 g/mol. The second kappa shape index (κ2) is 16.0. The Morgan fingerprint density at radius 2 is 1.68 bits per heavy atom. The van der Waals surface area contributed by atoms with E-state index in [1.165, 1.54) is 0 Å². The van der Waals surface area contributed by atoms with Gasteiger partial charge in [-0.2, -0.15) is 0 Å². The Balaban J connectivity index is 0.00000560. The highest BCUT2D eigenvalue weighted by Gasteiger charge is 2.45. The number of carboxylic acid groups (broad SMARTS) is 1. The molecule has 1 aromatic rings. The molecule has 2 aliphatic heterocycles. The number of carbonyl (C=O) groups excluding carboxylic acids is 3. The molecule has 0 aliphatic carbocycles. The number of likely N-dealkylation sites (tertiary alicyclic amines) is 1. The summed E-state index contributed by atoms with van der Waals surface area (Å²) in [6.45, 7) is 2.21. The lowest BCUT2D eigenvalue weighted by atomic mass is 9.73. The molecule has 2 aliphatic rings. The number of primary amides is 1. The summed E-state index contributed by atoms with van der Waals surface area (Å²) in [6, 6.07) is 5.23. The van der Waals surface area contributed by atoms with Gasteiger partial charge in [-0.15, -0.1) is 12.4 Å². The molecule has 3 rings (SSSR count). The Morgan fingerprint density at radius 3 is 2.20 bits per heavy atom. The summed E-state index contributed by atoms with van der Waals surface area (Å²) in [4.78, 5) is 53.6. The number of hydrogen-bond acceptors (Lipinski definition) is 6. The number of rotatable bonds is 11. The molecule has 2 unspecified atom stereocenters. The molecule has 2 saturated heterocycles. The van der Waals surface area contributed by atoms with E-state index >= 15 is 0 Å². The van der Waals surface area contributed by atoms with E-state index in [9.17, 15) is 24.3 Å². The molecule has 2 heterocycles. The molecular formula is C27H42ClN7O5. The van der Waals surface area contributed by atoms with Crippen LogP contribution in [0.2, 0.25) is 0 Å². The van der Waals surface area contributed by atoms with E-state index in [2.05, 4.69) is 16.0 Å². The van der Waals surface area contributed by atoms with Gasteiger partial charge < -0.3 is 37.4 Å². The molecule has 4 amide bonds. The van der Waals surface area contributed by atoms with Crippen LogP contribution in [0.3, 0.4) is 0 Å². The number of urea groups is 1. The lowest BCUT2D eigenvalue weighted by Crippen LogP contribution is -2.62. The Hall–Kier alpha value is -3.38. The summed E-state index contributed by atoms with van der Waals surface area (Å²) in [5, 5.41) is 26.3. The van der Waals surface area contributed by atoms with Gasteiger partial charge >= 0.3 is 12.0 Å². The number of piperidine rings is 1. The largest absolute Gasteiger partial charge is 0.480 e. The van der Waals surface area contributed by atoms with Crippen LogP contribution in [0.15, 0.2) is 30.3 Å². The van der Waals surface area contributed by atoms with Gasteiger partial charge in [0.2, 0.25) is 11.8 Å². The normalized spacial score (nSPS) is 20.4. The molecule has 12 nitrogen and oxygen atoms in total. The molecule has 13 heteroatoms. The Bertz CT molecular complexity index is 1010. The molecule has 9 N–H and O–H groups in total. The van der Waals surface area contributed by atoms with Crippen LogP contribution < -0.4 is 27.4 Å². The first-order valence-electron chi connectivity index (χ1n) is 13.7. The number of nitrogens with zero attached hydrogens (tertiary/aromatic N) is 1. The molecule has 5 atom stereocenters.